The first-order chi connectivity index (χ1) is 7.24. The molecule has 1 aliphatic carbocycles. The molecule has 0 atom stereocenters. The van der Waals surface area contributed by atoms with Crippen LogP contribution in [0.5, 0.6) is 0 Å². The Morgan fingerprint density at radius 2 is 2.33 bits per heavy atom. The van der Waals surface area contributed by atoms with E-state index >= 15 is 0 Å². The number of hydrogen-bond acceptors (Lipinski definition) is 3. The number of nitrogens with one attached hydrogen (secondary N) is 1. The molecule has 84 valence electrons. The van der Waals surface area contributed by atoms with Gasteiger partial charge in [-0.1, -0.05) is 0 Å². The summed E-state index contributed by atoms with van der Waals surface area (Å²) in [5.41, 5.74) is 8.12. The lowest BCUT2D eigenvalue weighted by Gasteiger charge is -2.17. The molecule has 1 rings (SSSR count). The van der Waals surface area contributed by atoms with Crippen LogP contribution in [-0.2, 0) is 4.74 Å². The van der Waals surface area contributed by atoms with E-state index < -0.39 is 6.03 Å². The van der Waals surface area contributed by atoms with Gasteiger partial charge >= 0.3 is 6.03 Å². The van der Waals surface area contributed by atoms with Crippen LogP contribution in [0.1, 0.15) is 32.6 Å². The van der Waals surface area contributed by atoms with Crippen molar-refractivity contribution in [1.82, 2.24) is 5.43 Å². The Hall–Kier alpha value is -1.52. The summed E-state index contributed by atoms with van der Waals surface area (Å²) in [5.74, 6) is 0.985. The summed E-state index contributed by atoms with van der Waals surface area (Å²) >= 11 is 0. The van der Waals surface area contributed by atoms with Crippen LogP contribution in [0, 0.1) is 0 Å². The van der Waals surface area contributed by atoms with Crippen molar-refractivity contribution in [2.45, 2.75) is 32.6 Å². The van der Waals surface area contributed by atoms with Crippen LogP contribution >= 0.6 is 0 Å². The molecule has 0 aliphatic heterocycles. The minimum atomic E-state index is -0.652. The second kappa shape index (κ2) is 6.06. The van der Waals surface area contributed by atoms with Gasteiger partial charge < -0.3 is 10.5 Å². The summed E-state index contributed by atoms with van der Waals surface area (Å²) < 4.78 is 5.50. The molecule has 0 heterocycles. The molecular formula is C10H17N3O2. The first-order valence-electron chi connectivity index (χ1n) is 5.17. The summed E-state index contributed by atoms with van der Waals surface area (Å²) in [6.07, 6.45) is 5.80. The Balaban J connectivity index is 2.61. The number of carbonyl (C=O) groups excluding carboxylic acids is 1. The lowest BCUT2D eigenvalue weighted by atomic mass is 9.98. The predicted octanol–water partition coefficient (Wildman–Crippen LogP) is 1.51. The van der Waals surface area contributed by atoms with E-state index in [1.807, 2.05) is 6.92 Å². The van der Waals surface area contributed by atoms with Gasteiger partial charge in [0.1, 0.15) is 5.76 Å². The van der Waals surface area contributed by atoms with E-state index in [0.717, 1.165) is 37.0 Å². The Morgan fingerprint density at radius 3 is 3.00 bits per heavy atom. The number of ether oxygens (including phenoxy) is 1. The number of primary amides is 1. The number of carbonyl (C=O) groups is 1. The molecule has 0 bridgehead atoms. The number of hydrazone groups is 1. The van der Waals surface area contributed by atoms with Crippen LogP contribution < -0.4 is 11.2 Å². The lowest BCUT2D eigenvalue weighted by Crippen LogP contribution is -2.24. The van der Waals surface area contributed by atoms with Crippen LogP contribution in [0.4, 0.5) is 4.79 Å². The minimum Gasteiger partial charge on any atom is -0.498 e. The topological polar surface area (TPSA) is 76.7 Å². The largest absolute Gasteiger partial charge is 0.498 e. The SMILES string of the molecule is CCOC1=C(C=NNC(N)=O)CCCC1. The Morgan fingerprint density at radius 1 is 1.60 bits per heavy atom. The Bertz CT molecular complexity index is 284. The average molecular weight is 211 g/mol. The van der Waals surface area contributed by atoms with Gasteiger partial charge in [0.2, 0.25) is 0 Å². The Labute approximate surface area is 89.4 Å². The lowest BCUT2D eigenvalue weighted by molar-refractivity contribution is 0.208. The normalized spacial score (nSPS) is 16.9. The molecule has 15 heavy (non-hydrogen) atoms. The van der Waals surface area contributed by atoms with Gasteiger partial charge in [0.15, 0.2) is 0 Å². The van der Waals surface area contributed by atoms with Crippen molar-refractivity contribution < 1.29 is 9.53 Å². The van der Waals surface area contributed by atoms with Crippen LogP contribution in [0.3, 0.4) is 0 Å². The molecular weight excluding hydrogens is 194 g/mol. The highest BCUT2D eigenvalue weighted by Gasteiger charge is 2.11. The highest BCUT2D eigenvalue weighted by molar-refractivity contribution is 5.81. The number of amides is 2. The molecule has 5 nitrogen and oxygen atoms in total. The van der Waals surface area contributed by atoms with Crippen molar-refractivity contribution in [3.8, 4) is 0 Å². The number of nitrogens with zero attached hydrogens (tertiary/aromatic N) is 1. The molecule has 0 aromatic heterocycles. The molecule has 0 aromatic carbocycles. The summed E-state index contributed by atoms with van der Waals surface area (Å²) in [5, 5.41) is 3.74. The molecule has 2 amide bonds. The van der Waals surface area contributed by atoms with E-state index in [4.69, 9.17) is 10.5 Å². The molecule has 0 spiro atoms. The molecule has 0 saturated carbocycles. The van der Waals surface area contributed by atoms with Gasteiger partial charge in [-0.3, -0.25) is 0 Å². The number of urea groups is 1. The maximum Gasteiger partial charge on any atom is 0.332 e. The van der Waals surface area contributed by atoms with Crippen molar-refractivity contribution in [3.05, 3.63) is 11.3 Å². The zero-order valence-electron chi connectivity index (χ0n) is 8.95. The van der Waals surface area contributed by atoms with Crippen LogP contribution in [0.15, 0.2) is 16.4 Å². The quantitative estimate of drug-likeness (QED) is 0.546. The maximum atomic E-state index is 10.4. The maximum absolute atomic E-state index is 10.4. The minimum absolute atomic E-state index is 0.652. The van der Waals surface area contributed by atoms with Gasteiger partial charge in [-0.05, 0) is 26.2 Å². The number of rotatable bonds is 4. The van der Waals surface area contributed by atoms with E-state index in [-0.39, 0.29) is 0 Å². The average Bonchev–Trinajstić information content (AvgIpc) is 2.20. The number of hydrogen-bond donors (Lipinski definition) is 2. The highest BCUT2D eigenvalue weighted by atomic mass is 16.5. The van der Waals surface area contributed by atoms with Crippen LogP contribution in [0.25, 0.3) is 0 Å². The smallest absolute Gasteiger partial charge is 0.332 e. The van der Waals surface area contributed by atoms with Crippen molar-refractivity contribution >= 4 is 12.2 Å². The Kier molecular flexibility index (Phi) is 4.66. The van der Waals surface area contributed by atoms with Gasteiger partial charge in [0.25, 0.3) is 0 Å². The molecule has 0 fully saturated rings. The summed E-state index contributed by atoms with van der Waals surface area (Å²) in [6, 6.07) is -0.652. The van der Waals surface area contributed by atoms with Crippen molar-refractivity contribution in [2.24, 2.45) is 10.8 Å². The number of nitrogens with two attached hydrogens (primary N) is 1. The van der Waals surface area contributed by atoms with Gasteiger partial charge in [-0.2, -0.15) is 5.10 Å². The van der Waals surface area contributed by atoms with Crippen LogP contribution in [0.2, 0.25) is 0 Å². The highest BCUT2D eigenvalue weighted by Crippen LogP contribution is 2.24. The molecule has 0 radical (unpaired) electrons. The van der Waals surface area contributed by atoms with E-state index in [1.165, 1.54) is 0 Å². The first kappa shape index (κ1) is 11.6. The molecule has 0 aromatic rings. The van der Waals surface area contributed by atoms with Gasteiger partial charge in [0, 0.05) is 12.0 Å². The second-order valence-electron chi connectivity index (χ2n) is 3.32. The molecule has 3 N–H and O–H groups in total. The van der Waals surface area contributed by atoms with Crippen molar-refractivity contribution in [2.75, 3.05) is 6.61 Å². The van der Waals surface area contributed by atoms with Crippen LogP contribution in [-0.4, -0.2) is 18.9 Å². The fourth-order valence-corrected chi connectivity index (χ4v) is 1.55. The third-order valence-electron chi connectivity index (χ3n) is 2.17. The van der Waals surface area contributed by atoms with E-state index in [9.17, 15) is 4.79 Å². The van der Waals surface area contributed by atoms with E-state index in [0.29, 0.717) is 6.61 Å². The zero-order chi connectivity index (χ0) is 11.1. The van der Waals surface area contributed by atoms with E-state index in [2.05, 4.69) is 10.5 Å². The summed E-state index contributed by atoms with van der Waals surface area (Å²) in [6.45, 7) is 2.62. The van der Waals surface area contributed by atoms with Gasteiger partial charge in [-0.25, -0.2) is 10.2 Å². The predicted molar refractivity (Wildman–Crippen MR) is 58.3 cm³/mol. The molecule has 0 saturated heterocycles. The number of allylic oxidation sites excluding steroid dienone is 2. The fraction of sp³-hybridized carbons (Fsp3) is 0.600. The third kappa shape index (κ3) is 4.01. The third-order valence-corrected chi connectivity index (χ3v) is 2.17. The summed E-state index contributed by atoms with van der Waals surface area (Å²) in [4.78, 5) is 10.4. The van der Waals surface area contributed by atoms with Crippen molar-refractivity contribution in [3.63, 3.8) is 0 Å². The van der Waals surface area contributed by atoms with E-state index in [1.54, 1.807) is 6.21 Å². The fourth-order valence-electron chi connectivity index (χ4n) is 1.55. The van der Waals surface area contributed by atoms with Gasteiger partial charge in [-0.15, -0.1) is 0 Å². The molecule has 5 heteroatoms. The molecule has 0 unspecified atom stereocenters. The first-order valence-corrected chi connectivity index (χ1v) is 5.17. The molecule has 1 aliphatic rings. The van der Waals surface area contributed by atoms with Crippen molar-refractivity contribution in [1.29, 1.82) is 0 Å². The van der Waals surface area contributed by atoms with Gasteiger partial charge in [0.05, 0.1) is 12.8 Å². The zero-order valence-corrected chi connectivity index (χ0v) is 8.95. The summed E-state index contributed by atoms with van der Waals surface area (Å²) in [7, 11) is 0. The monoisotopic (exact) mass is 211 g/mol. The second-order valence-corrected chi connectivity index (χ2v) is 3.32. The standard InChI is InChI=1S/C10H17N3O2/c1-2-15-9-6-4-3-5-8(9)7-12-13-10(11)14/h7H,2-6H2,1H3,(H3,11,13,14).